The van der Waals surface area contributed by atoms with E-state index in [-0.39, 0.29) is 0 Å². The van der Waals surface area contributed by atoms with Crippen LogP contribution < -0.4 is 3.61 Å². The Kier molecular flexibility index (Phi) is 4.94. The predicted octanol–water partition coefficient (Wildman–Crippen LogP) is 3.12. The molecule has 1 saturated heterocycles. The second kappa shape index (κ2) is 6.30. The molecule has 0 N–H and O–H groups in total. The van der Waals surface area contributed by atoms with E-state index in [4.69, 9.17) is 4.74 Å². The molecule has 1 aromatic carbocycles. The summed E-state index contributed by atoms with van der Waals surface area (Å²) in [6, 6.07) is 5.52. The molecule has 0 amide bonds. The summed E-state index contributed by atoms with van der Waals surface area (Å²) in [7, 11) is 0. The quantitative estimate of drug-likeness (QED) is 0.729. The maximum atomic E-state index is 12.4. The molecule has 0 aliphatic carbocycles. The van der Waals surface area contributed by atoms with Crippen LogP contribution in [0.15, 0.2) is 34.0 Å². The van der Waals surface area contributed by atoms with Crippen LogP contribution in [0.1, 0.15) is 25.3 Å². The van der Waals surface area contributed by atoms with Crippen molar-refractivity contribution in [3.63, 3.8) is 0 Å². The molecule has 1 nitrogen and oxygen atoms in total. The van der Waals surface area contributed by atoms with E-state index in [0.717, 1.165) is 16.5 Å². The first-order chi connectivity index (χ1) is 8.99. The van der Waals surface area contributed by atoms with Gasteiger partial charge in [-0.05, 0) is 0 Å². The fourth-order valence-corrected chi connectivity index (χ4v) is 4.02. The Labute approximate surface area is 120 Å². The summed E-state index contributed by atoms with van der Waals surface area (Å²) in [5, 5.41) is 0. The number of ether oxygens (including phenoxy) is 1. The third-order valence-corrected chi connectivity index (χ3v) is 5.83. The molecule has 19 heavy (non-hydrogen) atoms. The summed E-state index contributed by atoms with van der Waals surface area (Å²) >= 11 is -0.557. The first kappa shape index (κ1) is 14.9. The van der Waals surface area contributed by atoms with Crippen LogP contribution >= 0.6 is 0 Å². The molecule has 1 heterocycles. The molecular formula is C14H15F3OTe. The van der Waals surface area contributed by atoms with E-state index in [9.17, 15) is 13.2 Å². The Morgan fingerprint density at radius 3 is 2.53 bits per heavy atom. The van der Waals surface area contributed by atoms with Gasteiger partial charge in [-0.3, -0.25) is 0 Å². The van der Waals surface area contributed by atoms with E-state index < -0.39 is 32.7 Å². The number of hydrogen-bond donors (Lipinski definition) is 0. The molecule has 0 aromatic heterocycles. The van der Waals surface area contributed by atoms with Gasteiger partial charge in [0.1, 0.15) is 0 Å². The standard InChI is InChI=1S/C14H15F3OTe/c1-2-12-7-10(8-18-12)9-19-13-5-3-11(4-6-13)14(15,16)17/h3-6,9,12H,2,7-8H2,1H3/b10-9+. The van der Waals surface area contributed by atoms with Crippen molar-refractivity contribution in [2.24, 2.45) is 0 Å². The first-order valence-corrected chi connectivity index (χ1v) is 8.63. The van der Waals surface area contributed by atoms with Crippen molar-refractivity contribution in [1.82, 2.24) is 0 Å². The first-order valence-electron chi connectivity index (χ1n) is 6.12. The maximum absolute atomic E-state index is 12.4. The van der Waals surface area contributed by atoms with Gasteiger partial charge in [-0.15, -0.1) is 0 Å². The molecular weight excluding hydrogens is 369 g/mol. The van der Waals surface area contributed by atoms with Crippen molar-refractivity contribution in [2.45, 2.75) is 32.0 Å². The number of alkyl halides is 3. The summed E-state index contributed by atoms with van der Waals surface area (Å²) in [6.45, 7) is 2.78. The van der Waals surface area contributed by atoms with Gasteiger partial charge in [0.15, 0.2) is 0 Å². The zero-order valence-electron chi connectivity index (χ0n) is 10.5. The normalized spacial score (nSPS) is 22.1. The molecule has 1 atom stereocenters. The summed E-state index contributed by atoms with van der Waals surface area (Å²) in [5.74, 6) is 0. The minimum atomic E-state index is -4.24. The molecule has 1 fully saturated rings. The SMILES string of the molecule is CCC1C/C(=C\[Te]c2ccc(C(F)(F)F)cc2)CO1. The van der Waals surface area contributed by atoms with Crippen LogP contribution in [0.3, 0.4) is 0 Å². The molecule has 0 spiro atoms. The van der Waals surface area contributed by atoms with Crippen LogP contribution in [0.5, 0.6) is 0 Å². The van der Waals surface area contributed by atoms with Gasteiger partial charge >= 0.3 is 121 Å². The molecule has 1 aromatic rings. The van der Waals surface area contributed by atoms with E-state index in [1.165, 1.54) is 17.7 Å². The average Bonchev–Trinajstić information content (AvgIpc) is 2.84. The van der Waals surface area contributed by atoms with E-state index >= 15 is 0 Å². The molecule has 1 unspecified atom stereocenters. The monoisotopic (exact) mass is 386 g/mol. The zero-order valence-corrected chi connectivity index (χ0v) is 12.9. The topological polar surface area (TPSA) is 9.23 Å². The van der Waals surface area contributed by atoms with E-state index in [1.807, 2.05) is 0 Å². The number of halogens is 3. The fourth-order valence-electron chi connectivity index (χ4n) is 1.85. The molecule has 104 valence electrons. The Hall–Kier alpha value is -0.500. The summed E-state index contributed by atoms with van der Waals surface area (Å²) in [4.78, 5) is 0. The Morgan fingerprint density at radius 2 is 2.00 bits per heavy atom. The van der Waals surface area contributed by atoms with Crippen LogP contribution in [0.2, 0.25) is 0 Å². The van der Waals surface area contributed by atoms with Crippen molar-refractivity contribution >= 4 is 24.5 Å². The van der Waals surface area contributed by atoms with Crippen LogP contribution in [0, 0.1) is 0 Å². The summed E-state index contributed by atoms with van der Waals surface area (Å²) in [5.41, 5.74) is 0.723. The fraction of sp³-hybridized carbons (Fsp3) is 0.429. The van der Waals surface area contributed by atoms with Crippen molar-refractivity contribution in [3.05, 3.63) is 39.5 Å². The van der Waals surface area contributed by atoms with Gasteiger partial charge in [-0.25, -0.2) is 0 Å². The van der Waals surface area contributed by atoms with Crippen molar-refractivity contribution in [3.8, 4) is 0 Å². The summed E-state index contributed by atoms with van der Waals surface area (Å²) in [6.07, 6.45) is -1.93. The number of benzene rings is 1. The van der Waals surface area contributed by atoms with Gasteiger partial charge in [0.2, 0.25) is 0 Å². The summed E-state index contributed by atoms with van der Waals surface area (Å²) < 4.78 is 46.0. The van der Waals surface area contributed by atoms with E-state index in [2.05, 4.69) is 11.0 Å². The molecule has 5 heteroatoms. The Balaban J connectivity index is 1.95. The molecule has 0 bridgehead atoms. The molecule has 0 radical (unpaired) electrons. The van der Waals surface area contributed by atoms with Crippen LogP contribution in [-0.2, 0) is 10.9 Å². The second-order valence-electron chi connectivity index (χ2n) is 4.46. The molecule has 1 aliphatic rings. The third-order valence-electron chi connectivity index (χ3n) is 2.99. The Bertz CT molecular complexity index is 451. The second-order valence-corrected chi connectivity index (χ2v) is 7.15. The third kappa shape index (κ3) is 4.24. The van der Waals surface area contributed by atoms with Gasteiger partial charge in [0.25, 0.3) is 0 Å². The van der Waals surface area contributed by atoms with Crippen molar-refractivity contribution in [2.75, 3.05) is 6.61 Å². The minimum absolute atomic E-state index is 0.325. The van der Waals surface area contributed by atoms with E-state index in [1.54, 1.807) is 12.1 Å². The van der Waals surface area contributed by atoms with Crippen LogP contribution in [0.25, 0.3) is 0 Å². The number of hydrogen-bond acceptors (Lipinski definition) is 1. The van der Waals surface area contributed by atoms with Crippen LogP contribution in [-0.4, -0.2) is 33.6 Å². The average molecular weight is 384 g/mol. The predicted molar refractivity (Wildman–Crippen MR) is 69.6 cm³/mol. The van der Waals surface area contributed by atoms with Gasteiger partial charge < -0.3 is 0 Å². The van der Waals surface area contributed by atoms with Crippen LogP contribution in [0.4, 0.5) is 13.2 Å². The van der Waals surface area contributed by atoms with Gasteiger partial charge in [0, 0.05) is 0 Å². The van der Waals surface area contributed by atoms with E-state index in [0.29, 0.717) is 12.7 Å². The van der Waals surface area contributed by atoms with Gasteiger partial charge in [-0.2, -0.15) is 0 Å². The van der Waals surface area contributed by atoms with Crippen molar-refractivity contribution < 1.29 is 17.9 Å². The molecule has 2 rings (SSSR count). The zero-order chi connectivity index (χ0) is 13.9. The Morgan fingerprint density at radius 1 is 1.32 bits per heavy atom. The number of rotatable bonds is 3. The molecule has 1 aliphatic heterocycles. The van der Waals surface area contributed by atoms with Gasteiger partial charge in [0.05, 0.1) is 0 Å². The van der Waals surface area contributed by atoms with Gasteiger partial charge in [-0.1, -0.05) is 0 Å². The van der Waals surface area contributed by atoms with Crippen molar-refractivity contribution in [1.29, 1.82) is 0 Å². The molecule has 0 saturated carbocycles.